The first kappa shape index (κ1) is 12.3. The third kappa shape index (κ3) is 2.13. The van der Waals surface area contributed by atoms with Gasteiger partial charge in [-0.25, -0.2) is 0 Å². The Morgan fingerprint density at radius 2 is 2.26 bits per heavy atom. The Morgan fingerprint density at radius 3 is 3.05 bits per heavy atom. The molecule has 0 saturated heterocycles. The number of carbonyl (C=O) groups excluding carboxylic acids is 1. The number of aldehydes is 1. The SMILES string of the molecule is CSc1ccccc1Oc1nc2sccn2c1C=O. The van der Waals surface area contributed by atoms with Crippen LogP contribution >= 0.6 is 23.1 Å². The van der Waals surface area contributed by atoms with E-state index in [0.29, 0.717) is 17.3 Å². The minimum absolute atomic E-state index is 0.350. The summed E-state index contributed by atoms with van der Waals surface area (Å²) < 4.78 is 7.52. The third-order valence-electron chi connectivity index (χ3n) is 2.65. The van der Waals surface area contributed by atoms with Gasteiger partial charge in [-0.15, -0.1) is 23.1 Å². The molecule has 0 aliphatic heterocycles. The molecular formula is C13H10N2O2S2. The van der Waals surface area contributed by atoms with E-state index in [2.05, 4.69) is 4.98 Å². The molecule has 0 N–H and O–H groups in total. The van der Waals surface area contributed by atoms with Crippen LogP contribution in [-0.4, -0.2) is 21.9 Å². The average Bonchev–Trinajstić information content (AvgIpc) is 2.99. The van der Waals surface area contributed by atoms with Gasteiger partial charge in [-0.1, -0.05) is 12.1 Å². The molecule has 2 aromatic heterocycles. The minimum Gasteiger partial charge on any atom is -0.436 e. The molecule has 0 saturated carbocycles. The number of hydrogen-bond acceptors (Lipinski definition) is 5. The molecular weight excluding hydrogens is 280 g/mol. The number of thiazole rings is 1. The fraction of sp³-hybridized carbons (Fsp3) is 0.0769. The van der Waals surface area contributed by atoms with Crippen LogP contribution in [0.2, 0.25) is 0 Å². The Bertz CT molecular complexity index is 733. The predicted octanol–water partition coefficient (Wildman–Crippen LogP) is 3.72. The first-order valence-corrected chi connectivity index (χ1v) is 7.65. The summed E-state index contributed by atoms with van der Waals surface area (Å²) in [7, 11) is 0. The summed E-state index contributed by atoms with van der Waals surface area (Å²) in [6, 6.07) is 7.69. The summed E-state index contributed by atoms with van der Waals surface area (Å²) in [5, 5.41) is 1.88. The van der Waals surface area contributed by atoms with Crippen LogP contribution in [0.15, 0.2) is 40.7 Å². The van der Waals surface area contributed by atoms with E-state index in [9.17, 15) is 4.79 Å². The summed E-state index contributed by atoms with van der Waals surface area (Å²) in [6.07, 6.45) is 4.56. The van der Waals surface area contributed by atoms with Gasteiger partial charge in [0, 0.05) is 16.5 Å². The number of carbonyl (C=O) groups is 1. The lowest BCUT2D eigenvalue weighted by Gasteiger charge is -2.07. The quantitative estimate of drug-likeness (QED) is 0.542. The average molecular weight is 290 g/mol. The number of thioether (sulfide) groups is 1. The molecule has 96 valence electrons. The topological polar surface area (TPSA) is 43.6 Å². The fourth-order valence-electron chi connectivity index (χ4n) is 1.77. The van der Waals surface area contributed by atoms with Crippen LogP contribution in [0.5, 0.6) is 11.6 Å². The predicted molar refractivity (Wildman–Crippen MR) is 76.8 cm³/mol. The number of ether oxygens (including phenoxy) is 1. The molecule has 0 unspecified atom stereocenters. The number of para-hydroxylation sites is 1. The van der Waals surface area contributed by atoms with Gasteiger partial charge in [-0.2, -0.15) is 4.98 Å². The molecule has 0 atom stereocenters. The van der Waals surface area contributed by atoms with Crippen LogP contribution in [0.25, 0.3) is 4.96 Å². The number of rotatable bonds is 4. The Kier molecular flexibility index (Phi) is 3.27. The van der Waals surface area contributed by atoms with Crippen molar-refractivity contribution in [3.05, 3.63) is 41.5 Å². The van der Waals surface area contributed by atoms with Gasteiger partial charge in [0.05, 0.1) is 0 Å². The summed E-state index contributed by atoms with van der Waals surface area (Å²) in [5.74, 6) is 1.06. The Hall–Kier alpha value is -1.79. The van der Waals surface area contributed by atoms with E-state index in [1.165, 1.54) is 11.3 Å². The minimum atomic E-state index is 0.350. The molecule has 3 rings (SSSR count). The van der Waals surface area contributed by atoms with E-state index in [-0.39, 0.29) is 0 Å². The summed E-state index contributed by atoms with van der Waals surface area (Å²) in [5.41, 5.74) is 0.437. The van der Waals surface area contributed by atoms with Crippen molar-refractivity contribution in [3.63, 3.8) is 0 Å². The zero-order valence-corrected chi connectivity index (χ0v) is 11.7. The highest BCUT2D eigenvalue weighted by molar-refractivity contribution is 7.98. The molecule has 2 heterocycles. The van der Waals surface area contributed by atoms with Gasteiger partial charge in [0.25, 0.3) is 0 Å². The van der Waals surface area contributed by atoms with Gasteiger partial charge < -0.3 is 4.74 Å². The van der Waals surface area contributed by atoms with Gasteiger partial charge in [0.2, 0.25) is 5.88 Å². The molecule has 0 radical (unpaired) electrons. The van der Waals surface area contributed by atoms with Crippen molar-refractivity contribution < 1.29 is 9.53 Å². The maximum atomic E-state index is 11.2. The fourth-order valence-corrected chi connectivity index (χ4v) is 3.01. The lowest BCUT2D eigenvalue weighted by molar-refractivity contribution is 0.111. The number of fused-ring (bicyclic) bond motifs is 1. The highest BCUT2D eigenvalue weighted by atomic mass is 32.2. The summed E-state index contributed by atoms with van der Waals surface area (Å²) in [4.78, 5) is 17.3. The second-order valence-electron chi connectivity index (χ2n) is 3.73. The van der Waals surface area contributed by atoms with Crippen LogP contribution in [0.3, 0.4) is 0 Å². The van der Waals surface area contributed by atoms with E-state index in [1.54, 1.807) is 16.2 Å². The summed E-state index contributed by atoms with van der Waals surface area (Å²) >= 11 is 3.06. The molecule has 1 aromatic carbocycles. The van der Waals surface area contributed by atoms with E-state index in [4.69, 9.17) is 4.74 Å². The van der Waals surface area contributed by atoms with Crippen molar-refractivity contribution in [1.29, 1.82) is 0 Å². The first-order valence-electron chi connectivity index (χ1n) is 5.55. The number of nitrogens with zero attached hydrogens (tertiary/aromatic N) is 2. The number of benzene rings is 1. The van der Waals surface area contributed by atoms with E-state index < -0.39 is 0 Å². The second kappa shape index (κ2) is 5.07. The molecule has 0 aliphatic carbocycles. The van der Waals surface area contributed by atoms with Crippen LogP contribution in [0.1, 0.15) is 10.5 Å². The van der Waals surface area contributed by atoms with Crippen molar-refractivity contribution >= 4 is 34.3 Å². The van der Waals surface area contributed by atoms with Gasteiger partial charge >= 0.3 is 0 Å². The van der Waals surface area contributed by atoms with Gasteiger partial charge in [-0.3, -0.25) is 9.20 Å². The van der Waals surface area contributed by atoms with Crippen LogP contribution in [0, 0.1) is 0 Å². The zero-order valence-electron chi connectivity index (χ0n) is 10.1. The van der Waals surface area contributed by atoms with Crippen LogP contribution < -0.4 is 4.74 Å². The monoisotopic (exact) mass is 290 g/mol. The number of hydrogen-bond donors (Lipinski definition) is 0. The zero-order chi connectivity index (χ0) is 13.2. The Balaban J connectivity index is 2.05. The maximum absolute atomic E-state index is 11.2. The normalized spacial score (nSPS) is 10.8. The van der Waals surface area contributed by atoms with Crippen molar-refractivity contribution in [2.24, 2.45) is 0 Å². The first-order chi connectivity index (χ1) is 9.33. The maximum Gasteiger partial charge on any atom is 0.250 e. The molecule has 0 fully saturated rings. The van der Waals surface area contributed by atoms with Gasteiger partial charge in [0.1, 0.15) is 5.75 Å². The molecule has 0 bridgehead atoms. The van der Waals surface area contributed by atoms with E-state index >= 15 is 0 Å². The van der Waals surface area contributed by atoms with Gasteiger partial charge in [0.15, 0.2) is 16.9 Å². The summed E-state index contributed by atoms with van der Waals surface area (Å²) in [6.45, 7) is 0. The highest BCUT2D eigenvalue weighted by Crippen LogP contribution is 2.32. The Labute approximate surface area is 118 Å². The highest BCUT2D eigenvalue weighted by Gasteiger charge is 2.15. The molecule has 3 aromatic rings. The lowest BCUT2D eigenvalue weighted by Crippen LogP contribution is -1.92. The largest absolute Gasteiger partial charge is 0.436 e. The molecule has 0 spiro atoms. The van der Waals surface area contributed by atoms with E-state index in [1.807, 2.05) is 42.1 Å². The molecule has 4 nitrogen and oxygen atoms in total. The standard InChI is InChI=1S/C13H10N2O2S2/c1-18-11-5-3-2-4-10(11)17-12-9(8-16)15-6-7-19-13(15)14-12/h2-8H,1H3. The lowest BCUT2D eigenvalue weighted by atomic mass is 10.3. The van der Waals surface area contributed by atoms with Gasteiger partial charge in [-0.05, 0) is 18.4 Å². The van der Waals surface area contributed by atoms with Crippen molar-refractivity contribution in [3.8, 4) is 11.6 Å². The number of aromatic nitrogens is 2. The van der Waals surface area contributed by atoms with Crippen molar-refractivity contribution in [1.82, 2.24) is 9.38 Å². The van der Waals surface area contributed by atoms with Crippen molar-refractivity contribution in [2.75, 3.05) is 6.26 Å². The molecule has 6 heteroatoms. The van der Waals surface area contributed by atoms with Crippen LogP contribution in [0.4, 0.5) is 0 Å². The van der Waals surface area contributed by atoms with Crippen molar-refractivity contribution in [2.45, 2.75) is 4.90 Å². The Morgan fingerprint density at radius 1 is 1.42 bits per heavy atom. The molecule has 0 amide bonds. The van der Waals surface area contributed by atoms with E-state index in [0.717, 1.165) is 16.1 Å². The molecule has 19 heavy (non-hydrogen) atoms. The third-order valence-corrected chi connectivity index (χ3v) is 4.19. The van der Waals surface area contributed by atoms with Crippen LogP contribution in [-0.2, 0) is 0 Å². The molecule has 0 aliphatic rings. The number of imidazole rings is 1. The second-order valence-corrected chi connectivity index (χ2v) is 5.45. The smallest absolute Gasteiger partial charge is 0.250 e.